The summed E-state index contributed by atoms with van der Waals surface area (Å²) in [5.41, 5.74) is 0.320. The van der Waals surface area contributed by atoms with E-state index in [-0.39, 0.29) is 17.8 Å². The summed E-state index contributed by atoms with van der Waals surface area (Å²) in [5.74, 6) is -1.13. The van der Waals surface area contributed by atoms with Gasteiger partial charge in [0.1, 0.15) is 0 Å². The number of ketones is 1. The zero-order valence-electron chi connectivity index (χ0n) is 18.6. The molecule has 2 aromatic carbocycles. The van der Waals surface area contributed by atoms with Gasteiger partial charge in [0.2, 0.25) is 0 Å². The van der Waals surface area contributed by atoms with Gasteiger partial charge >= 0.3 is 0 Å². The van der Waals surface area contributed by atoms with E-state index in [9.17, 15) is 24.5 Å². The molecule has 0 spiro atoms. The third-order valence-electron chi connectivity index (χ3n) is 5.33. The number of benzene rings is 2. The van der Waals surface area contributed by atoms with Crippen LogP contribution in [0.25, 0.3) is 0 Å². The maximum atomic E-state index is 13.8. The fourth-order valence-corrected chi connectivity index (χ4v) is 3.89. The third-order valence-corrected chi connectivity index (χ3v) is 5.80. The van der Waals surface area contributed by atoms with E-state index < -0.39 is 28.2 Å². The number of unbranched alkanes of at least 4 members (excludes halogenated alkanes) is 1. The van der Waals surface area contributed by atoms with E-state index in [2.05, 4.69) is 15.9 Å². The first-order chi connectivity index (χ1) is 16.3. The van der Waals surface area contributed by atoms with Crippen LogP contribution >= 0.6 is 15.9 Å². The molecule has 8 nitrogen and oxygen atoms in total. The highest BCUT2D eigenvalue weighted by molar-refractivity contribution is 9.10. The number of rotatable bonds is 10. The second-order valence-electron chi connectivity index (χ2n) is 7.76. The Morgan fingerprint density at radius 1 is 1.06 bits per heavy atom. The molecule has 1 aromatic heterocycles. The molecule has 1 heterocycles. The Labute approximate surface area is 205 Å². The van der Waals surface area contributed by atoms with Crippen molar-refractivity contribution in [3.8, 4) is 0 Å². The molecule has 0 saturated carbocycles. The molecule has 0 aliphatic rings. The van der Waals surface area contributed by atoms with Crippen LogP contribution in [0.5, 0.6) is 0 Å². The molecule has 0 N–H and O–H groups in total. The SMILES string of the molecule is CCCCN(Cc1ccccc1)C(=O)C(C(=O)c1ccc([N+](=O)[O-])cc1)n1cc(Br)ccc1=O. The minimum Gasteiger partial charge on any atom is -0.336 e. The second-order valence-corrected chi connectivity index (χ2v) is 8.68. The molecule has 0 aliphatic heterocycles. The molecule has 1 amide bonds. The van der Waals surface area contributed by atoms with Gasteiger partial charge in [-0.3, -0.25) is 29.1 Å². The van der Waals surface area contributed by atoms with E-state index in [1.807, 2.05) is 37.3 Å². The van der Waals surface area contributed by atoms with Gasteiger partial charge in [0.15, 0.2) is 11.8 Å². The number of halogens is 1. The van der Waals surface area contributed by atoms with Gasteiger partial charge in [-0.25, -0.2) is 0 Å². The number of nitrogens with zero attached hydrogens (tertiary/aromatic N) is 3. The van der Waals surface area contributed by atoms with Crippen molar-refractivity contribution in [2.75, 3.05) is 6.54 Å². The highest BCUT2D eigenvalue weighted by Gasteiger charge is 2.34. The number of nitro groups is 1. The average Bonchev–Trinajstić information content (AvgIpc) is 2.84. The topological polar surface area (TPSA) is 103 Å². The van der Waals surface area contributed by atoms with Crippen LogP contribution in [0.2, 0.25) is 0 Å². The third kappa shape index (κ3) is 6.05. The number of nitro benzene ring substituents is 1. The lowest BCUT2D eigenvalue weighted by molar-refractivity contribution is -0.384. The monoisotopic (exact) mass is 525 g/mol. The smallest absolute Gasteiger partial charge is 0.269 e. The van der Waals surface area contributed by atoms with Gasteiger partial charge in [-0.1, -0.05) is 43.7 Å². The van der Waals surface area contributed by atoms with Gasteiger partial charge in [-0.2, -0.15) is 0 Å². The van der Waals surface area contributed by atoms with Gasteiger partial charge in [0.05, 0.1) is 4.92 Å². The number of aromatic nitrogens is 1. The van der Waals surface area contributed by atoms with Crippen molar-refractivity contribution < 1.29 is 14.5 Å². The Bertz CT molecular complexity index is 1230. The van der Waals surface area contributed by atoms with E-state index in [4.69, 9.17) is 0 Å². The van der Waals surface area contributed by atoms with Crippen LogP contribution in [-0.2, 0) is 11.3 Å². The van der Waals surface area contributed by atoms with Crippen molar-refractivity contribution in [1.82, 2.24) is 9.47 Å². The summed E-state index contributed by atoms with van der Waals surface area (Å²) in [7, 11) is 0. The van der Waals surface area contributed by atoms with Crippen LogP contribution in [-0.4, -0.2) is 32.6 Å². The summed E-state index contributed by atoms with van der Waals surface area (Å²) in [6.45, 7) is 2.70. The predicted molar refractivity (Wildman–Crippen MR) is 132 cm³/mol. The summed E-state index contributed by atoms with van der Waals surface area (Å²) in [4.78, 5) is 52.1. The fraction of sp³-hybridized carbons (Fsp3) is 0.240. The van der Waals surface area contributed by atoms with Crippen LogP contribution in [0.1, 0.15) is 41.7 Å². The number of hydrogen-bond donors (Lipinski definition) is 0. The molecule has 0 bridgehead atoms. The lowest BCUT2D eigenvalue weighted by Gasteiger charge is -2.28. The van der Waals surface area contributed by atoms with E-state index in [0.29, 0.717) is 11.0 Å². The Morgan fingerprint density at radius 3 is 2.35 bits per heavy atom. The van der Waals surface area contributed by atoms with E-state index in [1.165, 1.54) is 42.6 Å². The zero-order chi connectivity index (χ0) is 24.7. The van der Waals surface area contributed by atoms with Crippen molar-refractivity contribution in [3.05, 3.63) is 109 Å². The Morgan fingerprint density at radius 2 is 1.74 bits per heavy atom. The molecule has 34 heavy (non-hydrogen) atoms. The molecule has 0 radical (unpaired) electrons. The largest absolute Gasteiger partial charge is 0.336 e. The Hall–Kier alpha value is -3.59. The average molecular weight is 526 g/mol. The molecule has 1 atom stereocenters. The minimum absolute atomic E-state index is 0.103. The molecule has 3 rings (SSSR count). The highest BCUT2D eigenvalue weighted by atomic mass is 79.9. The van der Waals surface area contributed by atoms with Crippen LogP contribution in [0.4, 0.5) is 5.69 Å². The van der Waals surface area contributed by atoms with Crippen molar-refractivity contribution in [2.45, 2.75) is 32.4 Å². The molecule has 0 aliphatic carbocycles. The lowest BCUT2D eigenvalue weighted by atomic mass is 10.0. The van der Waals surface area contributed by atoms with Gasteiger partial charge in [0.25, 0.3) is 17.2 Å². The number of carbonyl (C=O) groups is 2. The van der Waals surface area contributed by atoms with Crippen molar-refractivity contribution in [1.29, 1.82) is 0 Å². The van der Waals surface area contributed by atoms with Gasteiger partial charge in [0, 0.05) is 47.5 Å². The second kappa shape index (κ2) is 11.5. The first kappa shape index (κ1) is 25.0. The molecule has 176 valence electrons. The van der Waals surface area contributed by atoms with Crippen molar-refractivity contribution >= 4 is 33.3 Å². The normalized spacial score (nSPS) is 11.6. The fourth-order valence-electron chi connectivity index (χ4n) is 3.53. The summed E-state index contributed by atoms with van der Waals surface area (Å²) in [6, 6.07) is 15.8. The molecular formula is C25H24BrN3O5. The molecule has 0 fully saturated rings. The van der Waals surface area contributed by atoms with Gasteiger partial charge in [-0.05, 0) is 46.1 Å². The first-order valence-corrected chi connectivity index (χ1v) is 11.6. The molecule has 3 aromatic rings. The lowest BCUT2D eigenvalue weighted by Crippen LogP contribution is -2.43. The predicted octanol–water partition coefficient (Wildman–Crippen LogP) is 4.77. The van der Waals surface area contributed by atoms with Crippen LogP contribution < -0.4 is 5.56 Å². The van der Waals surface area contributed by atoms with E-state index in [0.717, 1.165) is 23.0 Å². The number of amides is 1. The molecule has 0 saturated heterocycles. The number of pyridine rings is 1. The number of hydrogen-bond acceptors (Lipinski definition) is 5. The first-order valence-electron chi connectivity index (χ1n) is 10.8. The minimum atomic E-state index is -1.45. The van der Waals surface area contributed by atoms with Crippen molar-refractivity contribution in [3.63, 3.8) is 0 Å². The number of carbonyl (C=O) groups excluding carboxylic acids is 2. The molecular weight excluding hydrogens is 502 g/mol. The van der Waals surface area contributed by atoms with Gasteiger partial charge in [-0.15, -0.1) is 0 Å². The summed E-state index contributed by atoms with van der Waals surface area (Å²) >= 11 is 3.31. The maximum Gasteiger partial charge on any atom is 0.269 e. The quantitative estimate of drug-likeness (QED) is 0.164. The number of non-ortho nitro benzene ring substituents is 1. The highest BCUT2D eigenvalue weighted by Crippen LogP contribution is 2.22. The Kier molecular flexibility index (Phi) is 8.48. The zero-order valence-corrected chi connectivity index (χ0v) is 20.2. The molecule has 9 heteroatoms. The van der Waals surface area contributed by atoms with Crippen LogP contribution in [0, 0.1) is 10.1 Å². The van der Waals surface area contributed by atoms with Crippen LogP contribution in [0.15, 0.2) is 82.2 Å². The maximum absolute atomic E-state index is 13.8. The molecule has 1 unspecified atom stereocenters. The van der Waals surface area contributed by atoms with E-state index >= 15 is 0 Å². The van der Waals surface area contributed by atoms with Crippen LogP contribution in [0.3, 0.4) is 0 Å². The van der Waals surface area contributed by atoms with E-state index in [1.54, 1.807) is 4.90 Å². The Balaban J connectivity index is 2.06. The van der Waals surface area contributed by atoms with Crippen molar-refractivity contribution in [2.24, 2.45) is 0 Å². The van der Waals surface area contributed by atoms with Gasteiger partial charge < -0.3 is 4.90 Å². The standard InChI is InChI=1S/C25H24BrN3O5/c1-2-3-15-27(16-18-7-5-4-6-8-18)25(32)23(28-17-20(26)11-14-22(28)30)24(31)19-9-12-21(13-10-19)29(33)34/h4-14,17,23H,2-3,15-16H2,1H3. The summed E-state index contributed by atoms with van der Waals surface area (Å²) < 4.78 is 1.64. The summed E-state index contributed by atoms with van der Waals surface area (Å²) in [6.07, 6.45) is 2.98. The number of Topliss-reactive ketones (excluding diaryl/α,β-unsaturated/α-hetero) is 1. The summed E-state index contributed by atoms with van der Waals surface area (Å²) in [5, 5.41) is 11.0.